The molecule has 0 N–H and O–H groups in total. The van der Waals surface area contributed by atoms with Crippen molar-refractivity contribution in [2.45, 2.75) is 6.92 Å². The molecular weight excluding hydrogens is 418 g/mol. The SMILES string of the molecule is COc1ccc2c(c1)c(C=C1Oc3cc(OC(=O)c4ccccc4C)ccc3C1=O)cn2C. The molecular formula is C27H21NO5. The second-order valence-corrected chi connectivity index (χ2v) is 7.88. The number of allylic oxidation sites excluding steroid dienone is 1. The van der Waals surface area contributed by atoms with Crippen LogP contribution in [0.4, 0.5) is 0 Å². The highest BCUT2D eigenvalue weighted by atomic mass is 16.5. The molecule has 1 aromatic heterocycles. The van der Waals surface area contributed by atoms with Gasteiger partial charge in [0.15, 0.2) is 5.76 Å². The smallest absolute Gasteiger partial charge is 0.343 e. The molecule has 0 radical (unpaired) electrons. The molecule has 0 fully saturated rings. The Bertz CT molecular complexity index is 1460. The summed E-state index contributed by atoms with van der Waals surface area (Å²) in [6, 6.07) is 17.8. The minimum atomic E-state index is -0.460. The molecule has 6 nitrogen and oxygen atoms in total. The molecule has 0 spiro atoms. The maximum atomic E-state index is 12.9. The van der Waals surface area contributed by atoms with Crippen LogP contribution in [0.5, 0.6) is 17.2 Å². The Labute approximate surface area is 190 Å². The molecule has 0 saturated carbocycles. The van der Waals surface area contributed by atoms with Gasteiger partial charge in [0.2, 0.25) is 5.78 Å². The molecule has 0 aliphatic carbocycles. The molecule has 3 aromatic carbocycles. The van der Waals surface area contributed by atoms with Gasteiger partial charge in [0.1, 0.15) is 17.2 Å². The predicted octanol–water partition coefficient (Wildman–Crippen LogP) is 5.33. The van der Waals surface area contributed by atoms with Crippen molar-refractivity contribution in [1.82, 2.24) is 4.57 Å². The maximum Gasteiger partial charge on any atom is 0.343 e. The monoisotopic (exact) mass is 439 g/mol. The fraction of sp³-hybridized carbons (Fsp3) is 0.111. The highest BCUT2D eigenvalue weighted by Crippen LogP contribution is 2.36. The number of hydrogen-bond donors (Lipinski definition) is 0. The number of carbonyl (C=O) groups is 2. The summed E-state index contributed by atoms with van der Waals surface area (Å²) < 4.78 is 18.7. The highest BCUT2D eigenvalue weighted by Gasteiger charge is 2.28. The lowest BCUT2D eigenvalue weighted by molar-refractivity contribution is 0.0733. The van der Waals surface area contributed by atoms with Gasteiger partial charge in [-0.05, 0) is 55.0 Å². The highest BCUT2D eigenvalue weighted by molar-refractivity contribution is 6.15. The molecule has 1 aliphatic heterocycles. The third-order valence-electron chi connectivity index (χ3n) is 5.73. The van der Waals surface area contributed by atoms with E-state index in [1.807, 2.05) is 55.1 Å². The van der Waals surface area contributed by atoms with E-state index in [0.29, 0.717) is 22.6 Å². The average molecular weight is 439 g/mol. The lowest BCUT2D eigenvalue weighted by atomic mass is 10.1. The molecule has 0 unspecified atom stereocenters. The first-order valence-corrected chi connectivity index (χ1v) is 10.4. The first-order chi connectivity index (χ1) is 15.9. The van der Waals surface area contributed by atoms with E-state index in [1.165, 1.54) is 0 Å². The second-order valence-electron chi connectivity index (χ2n) is 7.88. The normalized spacial score (nSPS) is 13.8. The van der Waals surface area contributed by atoms with E-state index in [-0.39, 0.29) is 11.5 Å². The first kappa shape index (κ1) is 20.6. The number of ketones is 1. The van der Waals surface area contributed by atoms with Crippen LogP contribution in [0.3, 0.4) is 0 Å². The van der Waals surface area contributed by atoms with Crippen molar-refractivity contribution in [3.8, 4) is 17.2 Å². The Balaban J connectivity index is 1.44. The van der Waals surface area contributed by atoms with Gasteiger partial charge in [-0.2, -0.15) is 0 Å². The Morgan fingerprint density at radius 3 is 2.61 bits per heavy atom. The lowest BCUT2D eigenvalue weighted by Crippen LogP contribution is -2.10. The van der Waals surface area contributed by atoms with Gasteiger partial charge in [0, 0.05) is 35.8 Å². The first-order valence-electron chi connectivity index (χ1n) is 10.4. The number of methoxy groups -OCH3 is 1. The molecule has 0 saturated heterocycles. The van der Waals surface area contributed by atoms with Crippen molar-refractivity contribution in [2.75, 3.05) is 7.11 Å². The zero-order valence-corrected chi connectivity index (χ0v) is 18.4. The second kappa shape index (κ2) is 7.98. The molecule has 6 heteroatoms. The van der Waals surface area contributed by atoms with Crippen molar-refractivity contribution in [3.05, 3.63) is 94.9 Å². The topological polar surface area (TPSA) is 66.8 Å². The molecule has 5 rings (SSSR count). The van der Waals surface area contributed by atoms with E-state index in [2.05, 4.69) is 0 Å². The lowest BCUT2D eigenvalue weighted by Gasteiger charge is -2.07. The van der Waals surface area contributed by atoms with Gasteiger partial charge in [0.05, 0.1) is 18.2 Å². The number of benzene rings is 3. The summed E-state index contributed by atoms with van der Waals surface area (Å²) in [4.78, 5) is 25.5. The van der Waals surface area contributed by atoms with Crippen molar-refractivity contribution in [1.29, 1.82) is 0 Å². The standard InChI is InChI=1S/C27H21NO5/c1-16-6-4-5-7-20(16)27(30)32-19-8-10-21-24(14-19)33-25(26(21)29)12-17-15-28(2)23-11-9-18(31-3)13-22(17)23/h4-15H,1-3H3. The van der Waals surface area contributed by atoms with Crippen molar-refractivity contribution >= 4 is 28.7 Å². The number of fused-ring (bicyclic) bond motifs is 2. The van der Waals surface area contributed by atoms with Crippen LogP contribution in [-0.2, 0) is 7.05 Å². The number of aromatic nitrogens is 1. The Kier molecular flexibility index (Phi) is 4.98. The Hall–Kier alpha value is -4.32. The average Bonchev–Trinajstić information content (AvgIpc) is 3.29. The third kappa shape index (κ3) is 3.65. The minimum Gasteiger partial charge on any atom is -0.497 e. The van der Waals surface area contributed by atoms with E-state index in [1.54, 1.807) is 43.5 Å². The molecule has 33 heavy (non-hydrogen) atoms. The van der Waals surface area contributed by atoms with Gasteiger partial charge in [-0.25, -0.2) is 4.79 Å². The van der Waals surface area contributed by atoms with Gasteiger partial charge in [-0.3, -0.25) is 4.79 Å². The van der Waals surface area contributed by atoms with Gasteiger partial charge in [-0.15, -0.1) is 0 Å². The predicted molar refractivity (Wildman–Crippen MR) is 125 cm³/mol. The zero-order chi connectivity index (χ0) is 23.1. The summed E-state index contributed by atoms with van der Waals surface area (Å²) in [5.74, 6) is 0.933. The molecule has 164 valence electrons. The molecule has 2 heterocycles. The minimum absolute atomic E-state index is 0.211. The summed E-state index contributed by atoms with van der Waals surface area (Å²) in [7, 11) is 3.56. The number of ether oxygens (including phenoxy) is 3. The summed E-state index contributed by atoms with van der Waals surface area (Å²) in [5, 5.41) is 0.949. The number of nitrogens with zero attached hydrogens (tertiary/aromatic N) is 1. The zero-order valence-electron chi connectivity index (χ0n) is 18.4. The summed E-state index contributed by atoms with van der Waals surface area (Å²) in [6.07, 6.45) is 3.66. The fourth-order valence-electron chi connectivity index (χ4n) is 3.98. The van der Waals surface area contributed by atoms with Crippen molar-refractivity contribution < 1.29 is 23.8 Å². The molecule has 0 bridgehead atoms. The molecule has 0 amide bonds. The van der Waals surface area contributed by atoms with Gasteiger partial charge < -0.3 is 18.8 Å². The quantitative estimate of drug-likeness (QED) is 0.244. The van der Waals surface area contributed by atoms with Crippen LogP contribution in [0.1, 0.15) is 31.8 Å². The Morgan fingerprint density at radius 1 is 1.03 bits per heavy atom. The number of Topliss-reactive ketones (excluding diaryl/α,β-unsaturated/α-hetero) is 1. The molecule has 0 atom stereocenters. The van der Waals surface area contributed by atoms with Crippen molar-refractivity contribution in [2.24, 2.45) is 7.05 Å². The van der Waals surface area contributed by atoms with Crippen LogP contribution >= 0.6 is 0 Å². The number of carbonyl (C=O) groups excluding carboxylic acids is 2. The van der Waals surface area contributed by atoms with Gasteiger partial charge in [-0.1, -0.05) is 18.2 Å². The number of hydrogen-bond acceptors (Lipinski definition) is 5. The number of rotatable bonds is 4. The van der Waals surface area contributed by atoms with Gasteiger partial charge >= 0.3 is 5.97 Å². The van der Waals surface area contributed by atoms with Crippen LogP contribution in [0.15, 0.2) is 72.6 Å². The van der Waals surface area contributed by atoms with Crippen LogP contribution in [0, 0.1) is 6.92 Å². The van der Waals surface area contributed by atoms with E-state index >= 15 is 0 Å². The number of aryl methyl sites for hydroxylation is 2. The molecule has 4 aromatic rings. The molecule has 1 aliphatic rings. The van der Waals surface area contributed by atoms with Crippen LogP contribution in [0.25, 0.3) is 17.0 Å². The van der Waals surface area contributed by atoms with Crippen LogP contribution in [-0.4, -0.2) is 23.4 Å². The van der Waals surface area contributed by atoms with Crippen LogP contribution in [0.2, 0.25) is 0 Å². The third-order valence-corrected chi connectivity index (χ3v) is 5.73. The van der Waals surface area contributed by atoms with E-state index in [4.69, 9.17) is 14.2 Å². The van der Waals surface area contributed by atoms with E-state index < -0.39 is 5.97 Å². The maximum absolute atomic E-state index is 12.9. The summed E-state index contributed by atoms with van der Waals surface area (Å²) >= 11 is 0. The summed E-state index contributed by atoms with van der Waals surface area (Å²) in [5.41, 5.74) is 3.59. The van der Waals surface area contributed by atoms with Crippen molar-refractivity contribution in [3.63, 3.8) is 0 Å². The van der Waals surface area contributed by atoms with E-state index in [9.17, 15) is 9.59 Å². The van der Waals surface area contributed by atoms with Crippen LogP contribution < -0.4 is 14.2 Å². The van der Waals surface area contributed by atoms with Gasteiger partial charge in [0.25, 0.3) is 0 Å². The summed E-state index contributed by atoms with van der Waals surface area (Å²) in [6.45, 7) is 1.85. The largest absolute Gasteiger partial charge is 0.497 e. The Morgan fingerprint density at radius 2 is 1.82 bits per heavy atom. The number of esters is 1. The fourth-order valence-corrected chi connectivity index (χ4v) is 3.98. The van der Waals surface area contributed by atoms with E-state index in [0.717, 1.165) is 27.8 Å².